The molecule has 3 nitrogen and oxygen atoms in total. The average molecular weight is 389 g/mol. The molecule has 0 saturated heterocycles. The van der Waals surface area contributed by atoms with E-state index in [0.717, 1.165) is 46.0 Å². The third kappa shape index (κ3) is 3.70. The van der Waals surface area contributed by atoms with Gasteiger partial charge in [-0.2, -0.15) is 0 Å². The smallest absolute Gasteiger partial charge is 0.263 e. The summed E-state index contributed by atoms with van der Waals surface area (Å²) in [5.74, 6) is 1.43. The zero-order valence-corrected chi connectivity index (χ0v) is 17.9. The van der Waals surface area contributed by atoms with Gasteiger partial charge < -0.3 is 0 Å². The first-order chi connectivity index (χ1) is 12.2. The van der Waals surface area contributed by atoms with Crippen molar-refractivity contribution >= 4 is 33.3 Å². The highest BCUT2D eigenvalue weighted by Gasteiger charge is 2.32. The van der Waals surface area contributed by atoms with Crippen LogP contribution in [0.2, 0.25) is 0 Å². The van der Waals surface area contributed by atoms with Crippen molar-refractivity contribution in [1.82, 2.24) is 9.55 Å². The van der Waals surface area contributed by atoms with Gasteiger partial charge in [0.15, 0.2) is 5.16 Å². The molecule has 2 aromatic heterocycles. The number of fused-ring (bicyclic) bond motifs is 3. The molecule has 5 heteroatoms. The Morgan fingerprint density at radius 3 is 2.81 bits per heavy atom. The monoisotopic (exact) mass is 388 g/mol. The zero-order valence-electron chi connectivity index (χ0n) is 16.2. The van der Waals surface area contributed by atoms with Gasteiger partial charge in [-0.25, -0.2) is 4.98 Å². The third-order valence-corrected chi connectivity index (χ3v) is 7.47. The molecule has 0 spiro atoms. The maximum absolute atomic E-state index is 13.2. The summed E-state index contributed by atoms with van der Waals surface area (Å²) < 4.78 is 1.77. The Balaban J connectivity index is 2.11. The van der Waals surface area contributed by atoms with Gasteiger partial charge >= 0.3 is 0 Å². The fourth-order valence-electron chi connectivity index (χ4n) is 3.57. The number of aryl methyl sites for hydroxylation is 1. The summed E-state index contributed by atoms with van der Waals surface area (Å²) >= 11 is 3.31. The average Bonchev–Trinajstić information content (AvgIpc) is 2.92. The van der Waals surface area contributed by atoms with Crippen LogP contribution in [0.15, 0.2) is 34.8 Å². The van der Waals surface area contributed by atoms with Gasteiger partial charge in [0, 0.05) is 17.2 Å². The molecule has 0 aliphatic heterocycles. The highest BCUT2D eigenvalue weighted by Crippen LogP contribution is 2.42. The largest absolute Gasteiger partial charge is 0.283 e. The molecule has 2 heterocycles. The van der Waals surface area contributed by atoms with Crippen LogP contribution in [0.1, 0.15) is 44.6 Å². The number of thiophene rings is 1. The van der Waals surface area contributed by atoms with Gasteiger partial charge in [-0.1, -0.05) is 50.8 Å². The van der Waals surface area contributed by atoms with E-state index < -0.39 is 0 Å². The molecule has 0 radical (unpaired) electrons. The Kier molecular flexibility index (Phi) is 5.50. The van der Waals surface area contributed by atoms with Crippen molar-refractivity contribution in [2.24, 2.45) is 11.3 Å². The van der Waals surface area contributed by atoms with Gasteiger partial charge in [0.2, 0.25) is 0 Å². The highest BCUT2D eigenvalue weighted by molar-refractivity contribution is 7.99. The topological polar surface area (TPSA) is 34.9 Å². The molecule has 1 aliphatic carbocycles. The minimum atomic E-state index is 0.0887. The van der Waals surface area contributed by atoms with E-state index in [0.29, 0.717) is 17.9 Å². The van der Waals surface area contributed by atoms with E-state index in [-0.39, 0.29) is 5.56 Å². The SMILES string of the molecule is C=CCn1c(SCC(=C)C)nc2sc3c(c2c1=O)CCC(C(C)(C)C)C3. The molecule has 0 N–H and O–H groups in total. The summed E-state index contributed by atoms with van der Waals surface area (Å²) in [7, 11) is 0. The Bertz CT molecular complexity index is 915. The second kappa shape index (κ2) is 7.35. The van der Waals surface area contributed by atoms with Gasteiger partial charge in [-0.05, 0) is 43.1 Å². The van der Waals surface area contributed by atoms with Crippen molar-refractivity contribution in [3.63, 3.8) is 0 Å². The van der Waals surface area contributed by atoms with Gasteiger partial charge in [-0.3, -0.25) is 9.36 Å². The van der Waals surface area contributed by atoms with E-state index in [9.17, 15) is 4.79 Å². The van der Waals surface area contributed by atoms with Crippen molar-refractivity contribution in [2.75, 3.05) is 5.75 Å². The van der Waals surface area contributed by atoms with Crippen molar-refractivity contribution in [3.8, 4) is 0 Å². The Hall–Kier alpha value is -1.33. The summed E-state index contributed by atoms with van der Waals surface area (Å²) in [6.07, 6.45) is 4.97. The molecule has 2 aromatic rings. The van der Waals surface area contributed by atoms with E-state index >= 15 is 0 Å². The normalized spacial score (nSPS) is 17.3. The molecule has 1 atom stereocenters. The lowest BCUT2D eigenvalue weighted by molar-refractivity contribution is 0.218. The van der Waals surface area contributed by atoms with E-state index in [1.54, 1.807) is 33.7 Å². The maximum Gasteiger partial charge on any atom is 0.263 e. The first-order valence-electron chi connectivity index (χ1n) is 9.15. The van der Waals surface area contributed by atoms with Crippen LogP contribution in [0.3, 0.4) is 0 Å². The lowest BCUT2D eigenvalue weighted by Gasteiger charge is -2.33. The molecule has 0 saturated carbocycles. The van der Waals surface area contributed by atoms with Crippen LogP contribution in [0.25, 0.3) is 10.2 Å². The molecule has 140 valence electrons. The molecule has 0 fully saturated rings. The second-order valence-electron chi connectivity index (χ2n) is 8.33. The quantitative estimate of drug-likeness (QED) is 0.387. The van der Waals surface area contributed by atoms with Crippen LogP contribution in [-0.4, -0.2) is 15.3 Å². The number of allylic oxidation sites excluding steroid dienone is 1. The second-order valence-corrected chi connectivity index (χ2v) is 10.4. The van der Waals surface area contributed by atoms with Crippen LogP contribution < -0.4 is 5.56 Å². The minimum Gasteiger partial charge on any atom is -0.283 e. The zero-order chi connectivity index (χ0) is 19.1. The van der Waals surface area contributed by atoms with Crippen LogP contribution in [-0.2, 0) is 19.4 Å². The van der Waals surface area contributed by atoms with Crippen molar-refractivity contribution in [3.05, 3.63) is 45.6 Å². The van der Waals surface area contributed by atoms with Gasteiger partial charge in [0.25, 0.3) is 5.56 Å². The summed E-state index contributed by atoms with van der Waals surface area (Å²) in [4.78, 5) is 20.4. The van der Waals surface area contributed by atoms with E-state index in [1.807, 2.05) is 6.92 Å². The number of rotatable bonds is 5. The minimum absolute atomic E-state index is 0.0887. The first-order valence-corrected chi connectivity index (χ1v) is 11.0. The predicted molar refractivity (Wildman–Crippen MR) is 115 cm³/mol. The molecule has 0 amide bonds. The predicted octanol–water partition coefficient (Wildman–Crippen LogP) is 5.46. The fraction of sp³-hybridized carbons (Fsp3) is 0.524. The maximum atomic E-state index is 13.2. The number of hydrogen-bond acceptors (Lipinski definition) is 4. The van der Waals surface area contributed by atoms with E-state index in [4.69, 9.17) is 4.98 Å². The summed E-state index contributed by atoms with van der Waals surface area (Å²) in [6, 6.07) is 0. The summed E-state index contributed by atoms with van der Waals surface area (Å²) in [5, 5.41) is 1.62. The lowest BCUT2D eigenvalue weighted by Crippen LogP contribution is -2.27. The summed E-state index contributed by atoms with van der Waals surface area (Å²) in [5.41, 5.74) is 2.71. The van der Waals surface area contributed by atoms with Gasteiger partial charge in [0.05, 0.1) is 5.39 Å². The number of nitrogens with zero attached hydrogens (tertiary/aromatic N) is 2. The third-order valence-electron chi connectivity index (χ3n) is 5.12. The molecule has 0 aromatic carbocycles. The Morgan fingerprint density at radius 1 is 1.46 bits per heavy atom. The highest BCUT2D eigenvalue weighted by atomic mass is 32.2. The number of hydrogen-bond donors (Lipinski definition) is 0. The van der Waals surface area contributed by atoms with Crippen LogP contribution in [0, 0.1) is 11.3 Å². The molecular weight excluding hydrogens is 360 g/mol. The van der Waals surface area contributed by atoms with Gasteiger partial charge in [0.1, 0.15) is 4.83 Å². The van der Waals surface area contributed by atoms with Crippen LogP contribution >= 0.6 is 23.1 Å². The number of aromatic nitrogens is 2. The van der Waals surface area contributed by atoms with E-state index in [2.05, 4.69) is 33.9 Å². The van der Waals surface area contributed by atoms with Gasteiger partial charge in [-0.15, -0.1) is 17.9 Å². The molecule has 3 rings (SSSR count). The fourth-order valence-corrected chi connectivity index (χ4v) is 5.76. The van der Waals surface area contributed by atoms with Crippen LogP contribution in [0.4, 0.5) is 0 Å². The Morgan fingerprint density at radius 2 is 2.19 bits per heavy atom. The number of thioether (sulfide) groups is 1. The standard InChI is InChI=1S/C21H28N2OS2/c1-7-10-23-19(24)17-15-9-8-14(21(4,5)6)11-16(15)26-18(17)22-20(23)25-12-13(2)3/h7,14H,1-2,8-12H2,3-6H3. The molecule has 26 heavy (non-hydrogen) atoms. The Labute approximate surface area is 164 Å². The molecular formula is C21H28N2OS2. The molecule has 1 unspecified atom stereocenters. The van der Waals surface area contributed by atoms with E-state index in [1.165, 1.54) is 10.4 Å². The van der Waals surface area contributed by atoms with Crippen molar-refractivity contribution in [2.45, 2.75) is 58.7 Å². The lowest BCUT2D eigenvalue weighted by atomic mass is 9.72. The van der Waals surface area contributed by atoms with Crippen LogP contribution in [0.5, 0.6) is 0 Å². The summed E-state index contributed by atoms with van der Waals surface area (Å²) in [6.45, 7) is 17.2. The molecule has 0 bridgehead atoms. The first kappa shape index (κ1) is 19.4. The molecule has 1 aliphatic rings. The van der Waals surface area contributed by atoms with Crippen molar-refractivity contribution < 1.29 is 0 Å². The van der Waals surface area contributed by atoms with Crippen molar-refractivity contribution in [1.29, 1.82) is 0 Å².